The minimum absolute atomic E-state index is 0.108. The van der Waals surface area contributed by atoms with Crippen LogP contribution in [0.15, 0.2) is 52.6 Å². The van der Waals surface area contributed by atoms with Crippen LogP contribution >= 0.6 is 18.7 Å². The molecule has 2 bridgehead atoms. The summed E-state index contributed by atoms with van der Waals surface area (Å²) in [6.45, 7) is 1.73. The molecule has 1 aliphatic carbocycles. The molecular weight excluding hydrogens is 375 g/mol. The standard InChI is InChI=1S/C19H20ClO5P/c1-19-11-26(23,10-12-7-5-4-6-8-12)13(9-14(19)20)15(17(21)24-2)16(19)18(22)25-3/h4-9,13H,10-11H2,1-3H3. The van der Waals surface area contributed by atoms with Gasteiger partial charge in [0, 0.05) is 22.8 Å². The van der Waals surface area contributed by atoms with Gasteiger partial charge in [0.1, 0.15) is 7.14 Å². The van der Waals surface area contributed by atoms with E-state index < -0.39 is 30.2 Å². The molecule has 0 saturated carbocycles. The molecule has 4 rings (SSSR count). The number of allylic oxidation sites excluding steroid dienone is 2. The van der Waals surface area contributed by atoms with E-state index in [2.05, 4.69) is 0 Å². The van der Waals surface area contributed by atoms with Crippen LogP contribution in [0.5, 0.6) is 0 Å². The smallest absolute Gasteiger partial charge is 0.335 e. The minimum atomic E-state index is -2.94. The van der Waals surface area contributed by atoms with Gasteiger partial charge in [0.2, 0.25) is 0 Å². The number of halogens is 1. The topological polar surface area (TPSA) is 69.7 Å². The van der Waals surface area contributed by atoms with E-state index in [9.17, 15) is 14.2 Å². The predicted molar refractivity (Wildman–Crippen MR) is 99.5 cm³/mol. The summed E-state index contributed by atoms with van der Waals surface area (Å²) in [5.74, 6) is -1.31. The van der Waals surface area contributed by atoms with Gasteiger partial charge in [0.25, 0.3) is 0 Å². The molecule has 0 radical (unpaired) electrons. The van der Waals surface area contributed by atoms with Crippen LogP contribution in [0.2, 0.25) is 0 Å². The summed E-state index contributed by atoms with van der Waals surface area (Å²) >= 11 is 6.44. The van der Waals surface area contributed by atoms with Crippen molar-refractivity contribution in [1.82, 2.24) is 0 Å². The van der Waals surface area contributed by atoms with Crippen LogP contribution in [0.4, 0.5) is 0 Å². The fourth-order valence-corrected chi connectivity index (χ4v) is 8.27. The molecule has 2 aliphatic heterocycles. The summed E-state index contributed by atoms with van der Waals surface area (Å²) in [4.78, 5) is 24.9. The van der Waals surface area contributed by atoms with Gasteiger partial charge in [0.05, 0.1) is 31.0 Å². The Labute approximate surface area is 157 Å². The predicted octanol–water partition coefficient (Wildman–Crippen LogP) is 3.72. The maximum absolute atomic E-state index is 13.9. The average Bonchev–Trinajstić information content (AvgIpc) is 2.62. The van der Waals surface area contributed by atoms with Crippen LogP contribution in [0.3, 0.4) is 0 Å². The second-order valence-corrected chi connectivity index (χ2v) is 10.3. The van der Waals surface area contributed by atoms with E-state index in [1.165, 1.54) is 14.2 Å². The highest BCUT2D eigenvalue weighted by Crippen LogP contribution is 2.70. The van der Waals surface area contributed by atoms with E-state index in [4.69, 9.17) is 21.1 Å². The van der Waals surface area contributed by atoms with E-state index >= 15 is 0 Å². The second kappa shape index (κ2) is 6.71. The Balaban J connectivity index is 2.18. The van der Waals surface area contributed by atoms with Crippen molar-refractivity contribution in [2.24, 2.45) is 5.41 Å². The van der Waals surface area contributed by atoms with Gasteiger partial charge in [-0.25, -0.2) is 9.59 Å². The first kappa shape index (κ1) is 18.9. The van der Waals surface area contributed by atoms with E-state index in [1.54, 1.807) is 13.0 Å². The summed E-state index contributed by atoms with van der Waals surface area (Å²) in [5.41, 5.74) is -0.600. The molecule has 5 nitrogen and oxygen atoms in total. The molecule has 0 saturated heterocycles. The number of fused-ring (bicyclic) bond motifs is 1. The molecule has 0 aromatic heterocycles. The third-order valence-corrected chi connectivity index (χ3v) is 9.16. The van der Waals surface area contributed by atoms with E-state index in [0.29, 0.717) is 11.2 Å². The molecule has 3 atom stereocenters. The molecule has 3 aliphatic rings. The Morgan fingerprint density at radius 1 is 1.19 bits per heavy atom. The van der Waals surface area contributed by atoms with E-state index in [1.807, 2.05) is 30.3 Å². The van der Waals surface area contributed by atoms with Crippen molar-refractivity contribution in [3.05, 3.63) is 58.1 Å². The highest BCUT2D eigenvalue weighted by atomic mass is 35.5. The van der Waals surface area contributed by atoms with Crippen LogP contribution in [0.25, 0.3) is 0 Å². The van der Waals surface area contributed by atoms with Crippen molar-refractivity contribution in [3.63, 3.8) is 0 Å². The lowest BCUT2D eigenvalue weighted by Crippen LogP contribution is -2.44. The Morgan fingerprint density at radius 3 is 2.38 bits per heavy atom. The van der Waals surface area contributed by atoms with Gasteiger partial charge in [-0.3, -0.25) is 0 Å². The van der Waals surface area contributed by atoms with Gasteiger partial charge in [0.15, 0.2) is 0 Å². The summed E-state index contributed by atoms with van der Waals surface area (Å²) in [6.07, 6.45) is 2.18. The van der Waals surface area contributed by atoms with Crippen molar-refractivity contribution in [2.45, 2.75) is 18.7 Å². The number of ether oxygens (including phenoxy) is 2. The van der Waals surface area contributed by atoms with Crippen LogP contribution in [-0.4, -0.2) is 38.0 Å². The Hall–Kier alpha value is -1.84. The van der Waals surface area contributed by atoms with Gasteiger partial charge >= 0.3 is 11.9 Å². The first-order chi connectivity index (χ1) is 12.3. The lowest BCUT2D eigenvalue weighted by Gasteiger charge is -2.47. The molecule has 2 heterocycles. The lowest BCUT2D eigenvalue weighted by molar-refractivity contribution is -0.140. The number of hydrogen-bond acceptors (Lipinski definition) is 5. The third kappa shape index (κ3) is 2.83. The fourth-order valence-electron chi connectivity index (χ4n) is 3.95. The quantitative estimate of drug-likeness (QED) is 0.575. The summed E-state index contributed by atoms with van der Waals surface area (Å²) in [6, 6.07) is 9.45. The van der Waals surface area contributed by atoms with Gasteiger partial charge in [-0.2, -0.15) is 0 Å². The van der Waals surface area contributed by atoms with Gasteiger partial charge < -0.3 is 14.0 Å². The van der Waals surface area contributed by atoms with Gasteiger partial charge in [-0.15, -0.1) is 0 Å². The molecule has 3 unspecified atom stereocenters. The minimum Gasteiger partial charge on any atom is -0.466 e. The highest BCUT2D eigenvalue weighted by molar-refractivity contribution is 7.64. The number of carbonyl (C=O) groups excluding carboxylic acids is 2. The second-order valence-electron chi connectivity index (χ2n) is 6.82. The number of methoxy groups -OCH3 is 2. The molecule has 7 heteroatoms. The Kier molecular flexibility index (Phi) is 4.89. The third-order valence-electron chi connectivity index (χ3n) is 5.13. The van der Waals surface area contributed by atoms with E-state index in [0.717, 1.165) is 5.56 Å². The normalized spacial score (nSPS) is 30.0. The number of hydrogen-bond donors (Lipinski definition) is 0. The van der Waals surface area contributed by atoms with Gasteiger partial charge in [-0.05, 0) is 12.5 Å². The molecule has 0 fully saturated rings. The van der Waals surface area contributed by atoms with Crippen molar-refractivity contribution < 1.29 is 23.6 Å². The SMILES string of the molecule is COC(=O)C1=C(C(=O)OC)C2(C)CP(=O)(Cc3ccccc3)C1C=C2Cl. The van der Waals surface area contributed by atoms with E-state index in [-0.39, 0.29) is 17.3 Å². The molecule has 0 N–H and O–H groups in total. The molecule has 0 spiro atoms. The summed E-state index contributed by atoms with van der Waals surface area (Å²) in [7, 11) is -0.451. The zero-order valence-electron chi connectivity index (χ0n) is 14.8. The molecule has 138 valence electrons. The maximum atomic E-state index is 13.9. The van der Waals surface area contributed by atoms with Crippen LogP contribution in [0.1, 0.15) is 12.5 Å². The number of carbonyl (C=O) groups is 2. The fraction of sp³-hybridized carbons (Fsp3) is 0.368. The van der Waals surface area contributed by atoms with Crippen molar-refractivity contribution in [1.29, 1.82) is 0 Å². The highest BCUT2D eigenvalue weighted by Gasteiger charge is 2.58. The number of benzene rings is 1. The zero-order valence-corrected chi connectivity index (χ0v) is 16.5. The molecule has 1 aromatic rings. The number of esters is 2. The Morgan fingerprint density at radius 2 is 1.81 bits per heavy atom. The summed E-state index contributed by atoms with van der Waals surface area (Å²) < 4.78 is 23.7. The average molecular weight is 395 g/mol. The van der Waals surface area contributed by atoms with Crippen LogP contribution < -0.4 is 0 Å². The number of rotatable bonds is 4. The molecule has 0 amide bonds. The Bertz CT molecular complexity index is 873. The maximum Gasteiger partial charge on any atom is 0.335 e. The van der Waals surface area contributed by atoms with Crippen LogP contribution in [0, 0.1) is 5.41 Å². The van der Waals surface area contributed by atoms with Gasteiger partial charge in [-0.1, -0.05) is 48.0 Å². The molecular formula is C19H20ClO5P. The van der Waals surface area contributed by atoms with Crippen LogP contribution in [-0.2, 0) is 29.8 Å². The monoisotopic (exact) mass is 394 g/mol. The zero-order chi connectivity index (χ0) is 19.1. The van der Waals surface area contributed by atoms with Crippen molar-refractivity contribution >= 4 is 30.7 Å². The summed E-state index contributed by atoms with van der Waals surface area (Å²) in [5, 5.41) is 0.412. The van der Waals surface area contributed by atoms with Crippen molar-refractivity contribution in [2.75, 3.05) is 20.4 Å². The first-order valence-electron chi connectivity index (χ1n) is 8.17. The lowest BCUT2D eigenvalue weighted by atomic mass is 9.75. The largest absolute Gasteiger partial charge is 0.466 e. The first-order valence-corrected chi connectivity index (χ1v) is 10.7. The molecule has 1 aromatic carbocycles. The van der Waals surface area contributed by atoms with Crippen molar-refractivity contribution in [3.8, 4) is 0 Å². The molecule has 26 heavy (non-hydrogen) atoms.